The van der Waals surface area contributed by atoms with Gasteiger partial charge in [0, 0.05) is 11.6 Å². The smallest absolute Gasteiger partial charge is 0.292 e. The number of benzene rings is 1. The van der Waals surface area contributed by atoms with Gasteiger partial charge in [-0.1, -0.05) is 5.21 Å². The van der Waals surface area contributed by atoms with Crippen molar-refractivity contribution in [3.8, 4) is 0 Å². The average Bonchev–Trinajstić information content (AvgIpc) is 2.89. The van der Waals surface area contributed by atoms with Crippen LogP contribution in [-0.2, 0) is 6.54 Å². The van der Waals surface area contributed by atoms with E-state index in [1.54, 1.807) is 0 Å². The minimum Gasteiger partial charge on any atom is -0.393 e. The molecule has 19 heavy (non-hydrogen) atoms. The van der Waals surface area contributed by atoms with Crippen LogP contribution in [0.25, 0.3) is 0 Å². The summed E-state index contributed by atoms with van der Waals surface area (Å²) in [4.78, 5) is 21.8. The maximum Gasteiger partial charge on any atom is 0.292 e. The number of amides is 1. The summed E-state index contributed by atoms with van der Waals surface area (Å²) >= 11 is 0. The van der Waals surface area contributed by atoms with Crippen molar-refractivity contribution in [3.63, 3.8) is 0 Å². The number of hydrogen-bond donors (Lipinski definition) is 3. The van der Waals surface area contributed by atoms with Crippen molar-refractivity contribution in [2.75, 3.05) is 5.73 Å². The Morgan fingerprint density at radius 1 is 1.53 bits per heavy atom. The third kappa shape index (κ3) is 2.80. The van der Waals surface area contributed by atoms with Gasteiger partial charge in [0.05, 0.1) is 11.5 Å². The SMILES string of the molecule is Nc1ccc(C(=O)NCc2nn[nH]n2)cc1[N+](=O)[O-]. The first kappa shape index (κ1) is 12.4. The molecule has 4 N–H and O–H groups in total. The summed E-state index contributed by atoms with van der Waals surface area (Å²) in [6, 6.07) is 3.82. The van der Waals surface area contributed by atoms with Crippen LogP contribution in [0.4, 0.5) is 11.4 Å². The zero-order valence-corrected chi connectivity index (χ0v) is 9.53. The standard InChI is InChI=1S/C9H9N7O3/c10-6-2-1-5(3-7(6)16(18)19)9(17)11-4-8-12-14-15-13-8/h1-3H,4,10H2,(H,11,17)(H,12,13,14,15). The van der Waals surface area contributed by atoms with Crippen LogP contribution in [-0.4, -0.2) is 31.5 Å². The second kappa shape index (κ2) is 5.08. The molecule has 0 atom stereocenters. The average molecular weight is 263 g/mol. The number of nitrogens with one attached hydrogen (secondary N) is 2. The number of anilines is 1. The van der Waals surface area contributed by atoms with Gasteiger partial charge in [0.15, 0.2) is 5.82 Å². The molecule has 1 aromatic heterocycles. The van der Waals surface area contributed by atoms with Gasteiger partial charge in [0.25, 0.3) is 11.6 Å². The fourth-order valence-corrected chi connectivity index (χ4v) is 1.36. The number of nitrogens with zero attached hydrogens (tertiary/aromatic N) is 4. The van der Waals surface area contributed by atoms with E-state index in [4.69, 9.17) is 5.73 Å². The molecule has 10 heteroatoms. The van der Waals surface area contributed by atoms with E-state index in [1.165, 1.54) is 12.1 Å². The van der Waals surface area contributed by atoms with Gasteiger partial charge < -0.3 is 11.1 Å². The van der Waals surface area contributed by atoms with E-state index >= 15 is 0 Å². The first-order chi connectivity index (χ1) is 9.08. The lowest BCUT2D eigenvalue weighted by Gasteiger charge is -2.03. The van der Waals surface area contributed by atoms with Crippen molar-refractivity contribution >= 4 is 17.3 Å². The van der Waals surface area contributed by atoms with Crippen LogP contribution in [0.15, 0.2) is 18.2 Å². The van der Waals surface area contributed by atoms with Crippen molar-refractivity contribution in [2.24, 2.45) is 0 Å². The van der Waals surface area contributed by atoms with E-state index in [9.17, 15) is 14.9 Å². The Balaban J connectivity index is 2.11. The van der Waals surface area contributed by atoms with E-state index in [0.717, 1.165) is 6.07 Å². The van der Waals surface area contributed by atoms with Gasteiger partial charge in [-0.3, -0.25) is 14.9 Å². The van der Waals surface area contributed by atoms with Crippen LogP contribution in [0.3, 0.4) is 0 Å². The number of aromatic nitrogens is 4. The Labute approximate surface area is 106 Å². The Hall–Kier alpha value is -3.04. The lowest BCUT2D eigenvalue weighted by atomic mass is 10.1. The summed E-state index contributed by atoms with van der Waals surface area (Å²) in [6.07, 6.45) is 0. The van der Waals surface area contributed by atoms with Gasteiger partial charge in [-0.25, -0.2) is 0 Å². The molecule has 0 spiro atoms. The molecular formula is C9H9N7O3. The van der Waals surface area contributed by atoms with E-state index in [1.807, 2.05) is 0 Å². The molecule has 0 aliphatic carbocycles. The molecule has 0 fully saturated rings. The fourth-order valence-electron chi connectivity index (χ4n) is 1.36. The largest absolute Gasteiger partial charge is 0.393 e. The summed E-state index contributed by atoms with van der Waals surface area (Å²) in [5, 5.41) is 26.1. The van der Waals surface area contributed by atoms with Crippen molar-refractivity contribution in [3.05, 3.63) is 39.7 Å². The van der Waals surface area contributed by atoms with Gasteiger partial charge in [-0.2, -0.15) is 5.21 Å². The predicted molar refractivity (Wildman–Crippen MR) is 62.9 cm³/mol. The third-order valence-electron chi connectivity index (χ3n) is 2.29. The molecule has 0 bridgehead atoms. The van der Waals surface area contributed by atoms with Crippen LogP contribution in [0.1, 0.15) is 16.2 Å². The molecule has 98 valence electrons. The molecular weight excluding hydrogens is 254 g/mol. The summed E-state index contributed by atoms with van der Waals surface area (Å²) in [5.74, 6) is -0.189. The van der Waals surface area contributed by atoms with Gasteiger partial charge >= 0.3 is 0 Å². The molecule has 0 unspecified atom stereocenters. The highest BCUT2D eigenvalue weighted by atomic mass is 16.6. The lowest BCUT2D eigenvalue weighted by molar-refractivity contribution is -0.383. The first-order valence-corrected chi connectivity index (χ1v) is 5.12. The minimum atomic E-state index is -0.648. The summed E-state index contributed by atoms with van der Waals surface area (Å²) < 4.78 is 0. The van der Waals surface area contributed by atoms with Crippen LogP contribution < -0.4 is 11.1 Å². The highest BCUT2D eigenvalue weighted by Gasteiger charge is 2.15. The number of rotatable bonds is 4. The van der Waals surface area contributed by atoms with E-state index in [0.29, 0.717) is 5.82 Å². The second-order valence-corrected chi connectivity index (χ2v) is 3.54. The molecule has 1 amide bonds. The number of nitrogens with two attached hydrogens (primary N) is 1. The number of carbonyl (C=O) groups is 1. The van der Waals surface area contributed by atoms with Gasteiger partial charge in [-0.05, 0) is 12.1 Å². The third-order valence-corrected chi connectivity index (χ3v) is 2.29. The fraction of sp³-hybridized carbons (Fsp3) is 0.111. The molecule has 0 saturated heterocycles. The van der Waals surface area contributed by atoms with Crippen molar-refractivity contribution < 1.29 is 9.72 Å². The maximum absolute atomic E-state index is 11.8. The highest BCUT2D eigenvalue weighted by Crippen LogP contribution is 2.22. The normalized spacial score (nSPS) is 10.1. The second-order valence-electron chi connectivity index (χ2n) is 3.54. The summed E-state index contributed by atoms with van der Waals surface area (Å²) in [5.41, 5.74) is 5.25. The number of nitro groups is 1. The Kier molecular flexibility index (Phi) is 3.32. The van der Waals surface area contributed by atoms with E-state index < -0.39 is 10.8 Å². The maximum atomic E-state index is 11.8. The predicted octanol–water partition coefficient (Wildman–Crippen LogP) is -0.380. The molecule has 0 radical (unpaired) electrons. The van der Waals surface area contributed by atoms with Crippen molar-refractivity contribution in [1.82, 2.24) is 25.9 Å². The molecule has 0 aliphatic rings. The summed E-state index contributed by atoms with van der Waals surface area (Å²) in [7, 11) is 0. The number of nitro benzene ring substituents is 1. The topological polar surface area (TPSA) is 153 Å². The molecule has 1 heterocycles. The molecule has 2 aromatic rings. The summed E-state index contributed by atoms with van der Waals surface area (Å²) in [6.45, 7) is 0.0630. The van der Waals surface area contributed by atoms with E-state index in [2.05, 4.69) is 25.9 Å². The van der Waals surface area contributed by atoms with Crippen LogP contribution in [0.2, 0.25) is 0 Å². The Bertz CT molecular complexity index is 610. The number of aromatic amines is 1. The zero-order chi connectivity index (χ0) is 13.8. The Morgan fingerprint density at radius 2 is 2.32 bits per heavy atom. The molecule has 0 aliphatic heterocycles. The quantitative estimate of drug-likeness (QED) is 0.386. The van der Waals surface area contributed by atoms with Gasteiger partial charge in [0.2, 0.25) is 0 Å². The monoisotopic (exact) mass is 263 g/mol. The number of nitrogen functional groups attached to an aromatic ring is 1. The zero-order valence-electron chi connectivity index (χ0n) is 9.53. The van der Waals surface area contributed by atoms with Crippen LogP contribution in [0.5, 0.6) is 0 Å². The number of tetrazole rings is 1. The number of hydrogen-bond acceptors (Lipinski definition) is 7. The number of carbonyl (C=O) groups excluding carboxylic acids is 1. The first-order valence-electron chi connectivity index (χ1n) is 5.12. The van der Waals surface area contributed by atoms with Gasteiger partial charge in [-0.15, -0.1) is 10.2 Å². The highest BCUT2D eigenvalue weighted by molar-refractivity contribution is 5.95. The van der Waals surface area contributed by atoms with Crippen molar-refractivity contribution in [1.29, 1.82) is 0 Å². The minimum absolute atomic E-state index is 0.000261. The van der Waals surface area contributed by atoms with Crippen LogP contribution in [0, 0.1) is 10.1 Å². The van der Waals surface area contributed by atoms with Crippen molar-refractivity contribution in [2.45, 2.75) is 6.54 Å². The van der Waals surface area contributed by atoms with Crippen LogP contribution >= 0.6 is 0 Å². The lowest BCUT2D eigenvalue weighted by Crippen LogP contribution is -2.23. The Morgan fingerprint density at radius 3 is 2.95 bits per heavy atom. The molecule has 10 nitrogen and oxygen atoms in total. The molecule has 1 aromatic carbocycles. The van der Waals surface area contributed by atoms with Gasteiger partial charge in [0.1, 0.15) is 5.69 Å². The molecule has 2 rings (SSSR count). The molecule has 0 saturated carbocycles. The number of H-pyrrole nitrogens is 1. The van der Waals surface area contributed by atoms with E-state index in [-0.39, 0.29) is 23.5 Å².